The van der Waals surface area contributed by atoms with E-state index in [-0.39, 0.29) is 0 Å². The predicted octanol–water partition coefficient (Wildman–Crippen LogP) is 1.54. The van der Waals surface area contributed by atoms with Crippen LogP contribution in [0, 0.1) is 11.8 Å². The van der Waals surface area contributed by atoms with E-state index in [0.717, 1.165) is 12.5 Å². The van der Waals surface area contributed by atoms with Crippen LogP contribution in [-0.4, -0.2) is 18.8 Å². The summed E-state index contributed by atoms with van der Waals surface area (Å²) in [6.45, 7) is 3.09. The van der Waals surface area contributed by atoms with Crippen LogP contribution in [0.2, 0.25) is 0 Å². The maximum atomic E-state index is 6.19. The minimum absolute atomic E-state index is 0.403. The van der Waals surface area contributed by atoms with E-state index in [1.54, 1.807) is 0 Å². The van der Waals surface area contributed by atoms with Crippen LogP contribution < -0.4 is 5.73 Å². The van der Waals surface area contributed by atoms with E-state index in [2.05, 4.69) is 6.92 Å². The molecule has 0 bridgehead atoms. The normalized spacial score (nSPS) is 39.5. The van der Waals surface area contributed by atoms with E-state index in [0.29, 0.717) is 18.1 Å². The molecule has 0 aromatic rings. The van der Waals surface area contributed by atoms with E-state index in [4.69, 9.17) is 10.5 Å². The smallest absolute Gasteiger partial charge is 0.0590 e. The largest absolute Gasteiger partial charge is 0.378 e. The molecular formula is C10H19NO. The summed E-state index contributed by atoms with van der Waals surface area (Å²) in [6.07, 6.45) is 5.68. The first-order chi connectivity index (χ1) is 5.79. The molecule has 3 atom stereocenters. The van der Waals surface area contributed by atoms with Gasteiger partial charge in [0.1, 0.15) is 0 Å². The summed E-state index contributed by atoms with van der Waals surface area (Å²) in [5.41, 5.74) is 6.19. The van der Waals surface area contributed by atoms with Gasteiger partial charge in [0.25, 0.3) is 0 Å². The van der Waals surface area contributed by atoms with Crippen LogP contribution in [0.15, 0.2) is 0 Å². The molecule has 0 aromatic heterocycles. The van der Waals surface area contributed by atoms with Crippen LogP contribution in [0.5, 0.6) is 0 Å². The summed E-state index contributed by atoms with van der Waals surface area (Å²) < 4.78 is 5.53. The standard InChI is InChI=1S/C10H19NO/c1-7-9(5-6-12-7)10(11)8-3-2-4-8/h7-10H,2-6,11H2,1H3. The molecular weight excluding hydrogens is 150 g/mol. The molecule has 2 N–H and O–H groups in total. The summed E-state index contributed by atoms with van der Waals surface area (Å²) in [7, 11) is 0. The molecule has 0 aromatic carbocycles. The molecule has 0 spiro atoms. The van der Waals surface area contributed by atoms with Crippen molar-refractivity contribution in [2.24, 2.45) is 17.6 Å². The summed E-state index contributed by atoms with van der Waals surface area (Å²) in [5.74, 6) is 1.44. The fraction of sp³-hybridized carbons (Fsp3) is 1.00. The Bertz CT molecular complexity index is 156. The summed E-state index contributed by atoms with van der Waals surface area (Å²) in [6, 6.07) is 0.413. The van der Waals surface area contributed by atoms with Crippen LogP contribution >= 0.6 is 0 Å². The van der Waals surface area contributed by atoms with Crippen molar-refractivity contribution in [3.63, 3.8) is 0 Å². The van der Waals surface area contributed by atoms with Gasteiger partial charge in [-0.2, -0.15) is 0 Å². The van der Waals surface area contributed by atoms with Crippen molar-refractivity contribution in [1.82, 2.24) is 0 Å². The predicted molar refractivity (Wildman–Crippen MR) is 48.8 cm³/mol. The van der Waals surface area contributed by atoms with E-state index < -0.39 is 0 Å². The minimum Gasteiger partial charge on any atom is -0.378 e. The highest BCUT2D eigenvalue weighted by molar-refractivity contribution is 4.89. The van der Waals surface area contributed by atoms with Gasteiger partial charge in [0, 0.05) is 18.6 Å². The molecule has 1 heterocycles. The summed E-state index contributed by atoms with van der Waals surface area (Å²) in [5, 5.41) is 0. The van der Waals surface area contributed by atoms with Gasteiger partial charge in [-0.25, -0.2) is 0 Å². The first-order valence-electron chi connectivity index (χ1n) is 5.16. The molecule has 1 aliphatic carbocycles. The first kappa shape index (κ1) is 8.52. The zero-order chi connectivity index (χ0) is 8.55. The van der Waals surface area contributed by atoms with Crippen LogP contribution in [0.25, 0.3) is 0 Å². The van der Waals surface area contributed by atoms with E-state index in [1.165, 1.54) is 25.7 Å². The van der Waals surface area contributed by atoms with Crippen LogP contribution in [0.4, 0.5) is 0 Å². The Hall–Kier alpha value is -0.0800. The lowest BCUT2D eigenvalue weighted by Crippen LogP contribution is -2.43. The lowest BCUT2D eigenvalue weighted by molar-refractivity contribution is 0.0842. The zero-order valence-corrected chi connectivity index (χ0v) is 7.83. The van der Waals surface area contributed by atoms with Gasteiger partial charge in [0.2, 0.25) is 0 Å². The number of rotatable bonds is 2. The second kappa shape index (κ2) is 3.35. The zero-order valence-electron chi connectivity index (χ0n) is 7.83. The second-order valence-electron chi connectivity index (χ2n) is 4.30. The van der Waals surface area contributed by atoms with Crippen LogP contribution in [-0.2, 0) is 4.74 Å². The van der Waals surface area contributed by atoms with Crippen LogP contribution in [0.3, 0.4) is 0 Å². The molecule has 1 saturated heterocycles. The maximum absolute atomic E-state index is 6.19. The Kier molecular flexibility index (Phi) is 2.37. The third-order valence-corrected chi connectivity index (χ3v) is 3.62. The van der Waals surface area contributed by atoms with Gasteiger partial charge in [-0.05, 0) is 32.1 Å². The lowest BCUT2D eigenvalue weighted by atomic mass is 9.74. The fourth-order valence-corrected chi connectivity index (χ4v) is 2.43. The summed E-state index contributed by atoms with van der Waals surface area (Å²) in [4.78, 5) is 0. The van der Waals surface area contributed by atoms with Gasteiger partial charge >= 0.3 is 0 Å². The van der Waals surface area contributed by atoms with Gasteiger partial charge in [-0.15, -0.1) is 0 Å². The molecule has 0 radical (unpaired) electrons. The molecule has 2 aliphatic rings. The molecule has 1 aliphatic heterocycles. The van der Waals surface area contributed by atoms with Crippen molar-refractivity contribution in [2.45, 2.75) is 44.8 Å². The average Bonchev–Trinajstić information content (AvgIpc) is 2.31. The molecule has 0 amide bonds. The molecule has 2 heteroatoms. The van der Waals surface area contributed by atoms with Crippen molar-refractivity contribution in [3.05, 3.63) is 0 Å². The topological polar surface area (TPSA) is 35.2 Å². The monoisotopic (exact) mass is 169 g/mol. The van der Waals surface area contributed by atoms with Gasteiger partial charge in [-0.3, -0.25) is 0 Å². The third kappa shape index (κ3) is 1.38. The number of hydrogen-bond donors (Lipinski definition) is 1. The van der Waals surface area contributed by atoms with Crippen molar-refractivity contribution in [1.29, 1.82) is 0 Å². The Morgan fingerprint density at radius 2 is 2.08 bits per heavy atom. The molecule has 2 nitrogen and oxygen atoms in total. The van der Waals surface area contributed by atoms with Gasteiger partial charge < -0.3 is 10.5 Å². The second-order valence-corrected chi connectivity index (χ2v) is 4.30. The van der Waals surface area contributed by atoms with Crippen molar-refractivity contribution in [3.8, 4) is 0 Å². The molecule has 12 heavy (non-hydrogen) atoms. The third-order valence-electron chi connectivity index (χ3n) is 3.62. The van der Waals surface area contributed by atoms with Crippen LogP contribution in [0.1, 0.15) is 32.6 Å². The maximum Gasteiger partial charge on any atom is 0.0590 e. The lowest BCUT2D eigenvalue weighted by Gasteiger charge is -2.35. The quantitative estimate of drug-likeness (QED) is 0.680. The van der Waals surface area contributed by atoms with E-state index in [9.17, 15) is 0 Å². The van der Waals surface area contributed by atoms with Gasteiger partial charge in [-0.1, -0.05) is 6.42 Å². The Labute approximate surface area is 74.5 Å². The average molecular weight is 169 g/mol. The van der Waals surface area contributed by atoms with Crippen molar-refractivity contribution < 1.29 is 4.74 Å². The van der Waals surface area contributed by atoms with Crippen molar-refractivity contribution in [2.75, 3.05) is 6.61 Å². The molecule has 3 unspecified atom stereocenters. The molecule has 70 valence electrons. The Balaban J connectivity index is 1.89. The highest BCUT2D eigenvalue weighted by atomic mass is 16.5. The Morgan fingerprint density at radius 1 is 1.33 bits per heavy atom. The van der Waals surface area contributed by atoms with Gasteiger partial charge in [0.15, 0.2) is 0 Å². The number of ether oxygens (including phenoxy) is 1. The minimum atomic E-state index is 0.403. The number of hydrogen-bond acceptors (Lipinski definition) is 2. The number of nitrogens with two attached hydrogens (primary N) is 1. The fourth-order valence-electron chi connectivity index (χ4n) is 2.43. The summed E-state index contributed by atoms with van der Waals surface area (Å²) >= 11 is 0. The Morgan fingerprint density at radius 3 is 2.50 bits per heavy atom. The van der Waals surface area contributed by atoms with E-state index in [1.807, 2.05) is 0 Å². The van der Waals surface area contributed by atoms with Gasteiger partial charge in [0.05, 0.1) is 6.10 Å². The first-order valence-corrected chi connectivity index (χ1v) is 5.16. The highest BCUT2D eigenvalue weighted by Crippen LogP contribution is 2.35. The van der Waals surface area contributed by atoms with Crippen molar-refractivity contribution >= 4 is 0 Å². The molecule has 2 rings (SSSR count). The SMILES string of the molecule is CC1OCCC1C(N)C1CCC1. The molecule has 1 saturated carbocycles. The van der Waals surface area contributed by atoms with E-state index >= 15 is 0 Å². The highest BCUT2D eigenvalue weighted by Gasteiger charge is 2.36. The molecule has 2 fully saturated rings.